The van der Waals surface area contributed by atoms with Crippen molar-refractivity contribution in [1.29, 1.82) is 0 Å². The Bertz CT molecular complexity index is 1130. The van der Waals surface area contributed by atoms with Crippen LogP contribution in [0.4, 0.5) is 0 Å². The molecule has 138 valence electrons. The molecular weight excluding hydrogens is 436 g/mol. The van der Waals surface area contributed by atoms with Crippen molar-refractivity contribution in [2.24, 2.45) is 0 Å². The minimum atomic E-state index is -1.01. The fourth-order valence-corrected chi connectivity index (χ4v) is 9.47. The van der Waals surface area contributed by atoms with E-state index in [1.54, 1.807) is 12.5 Å². The van der Waals surface area contributed by atoms with Gasteiger partial charge in [-0.15, -0.1) is 0 Å². The average molecular weight is 454 g/mol. The molecular formula is C26H18O2Zr. The van der Waals surface area contributed by atoms with E-state index >= 15 is 0 Å². The quantitative estimate of drug-likeness (QED) is 0.338. The molecule has 0 radical (unpaired) electrons. The predicted molar refractivity (Wildman–Crippen MR) is 112 cm³/mol. The van der Waals surface area contributed by atoms with Crippen molar-refractivity contribution in [3.8, 4) is 0 Å². The summed E-state index contributed by atoms with van der Waals surface area (Å²) in [6.07, 6.45) is 8.22. The van der Waals surface area contributed by atoms with Crippen molar-refractivity contribution in [3.05, 3.63) is 119 Å². The second kappa shape index (κ2) is 7.00. The number of furan rings is 2. The maximum atomic E-state index is 5.84. The number of hydrogen-bond acceptors (Lipinski definition) is 2. The van der Waals surface area contributed by atoms with Gasteiger partial charge in [0.05, 0.1) is 0 Å². The van der Waals surface area contributed by atoms with Crippen LogP contribution in [0.25, 0.3) is 23.3 Å². The van der Waals surface area contributed by atoms with Crippen molar-refractivity contribution in [2.45, 2.75) is 7.25 Å². The fraction of sp³-hybridized carbons (Fsp3) is 0.0769. The summed E-state index contributed by atoms with van der Waals surface area (Å²) >= 11 is -1.01. The van der Waals surface area contributed by atoms with E-state index in [0.717, 1.165) is 11.5 Å². The summed E-state index contributed by atoms with van der Waals surface area (Å²) in [5.41, 5.74) is 8.25. The van der Waals surface area contributed by atoms with E-state index in [9.17, 15) is 0 Å². The zero-order valence-electron chi connectivity index (χ0n) is 15.7. The molecule has 6 rings (SSSR count). The van der Waals surface area contributed by atoms with Gasteiger partial charge in [-0.2, -0.15) is 0 Å². The Morgan fingerprint density at radius 1 is 0.552 bits per heavy atom. The monoisotopic (exact) mass is 452 g/mol. The molecule has 2 atom stereocenters. The van der Waals surface area contributed by atoms with E-state index in [4.69, 9.17) is 8.83 Å². The van der Waals surface area contributed by atoms with Gasteiger partial charge in [0, 0.05) is 0 Å². The first-order chi connectivity index (χ1) is 14.4. The van der Waals surface area contributed by atoms with Crippen LogP contribution in [0.3, 0.4) is 0 Å². The van der Waals surface area contributed by atoms with Crippen molar-refractivity contribution in [2.75, 3.05) is 0 Å². The first-order valence-corrected chi connectivity index (χ1v) is 12.7. The molecule has 2 unspecified atom stereocenters. The van der Waals surface area contributed by atoms with Gasteiger partial charge in [-0.25, -0.2) is 0 Å². The summed E-state index contributed by atoms with van der Waals surface area (Å²) < 4.78 is 12.6. The van der Waals surface area contributed by atoms with E-state index < -0.39 is 23.2 Å². The van der Waals surface area contributed by atoms with Gasteiger partial charge < -0.3 is 0 Å². The Hall–Kier alpha value is -2.64. The normalized spacial score (nSPS) is 19.4. The molecule has 0 amide bonds. The molecule has 0 saturated carbocycles. The minimum absolute atomic E-state index is 0.454. The number of fused-ring (bicyclic) bond motifs is 2. The van der Waals surface area contributed by atoms with Crippen LogP contribution in [0.5, 0.6) is 0 Å². The van der Waals surface area contributed by atoms with Crippen LogP contribution in [0.2, 0.25) is 0 Å². The third-order valence-electron chi connectivity index (χ3n) is 5.80. The average Bonchev–Trinajstić information content (AvgIpc) is 3.55. The molecule has 0 saturated heterocycles. The number of allylic oxidation sites excluding steroid dienone is 2. The van der Waals surface area contributed by atoms with Crippen molar-refractivity contribution in [3.63, 3.8) is 0 Å². The summed E-state index contributed by atoms with van der Waals surface area (Å²) in [5.74, 6) is 2.00. The molecule has 0 aliphatic heterocycles. The number of benzene rings is 2. The summed E-state index contributed by atoms with van der Waals surface area (Å²) in [6.45, 7) is 0. The van der Waals surface area contributed by atoms with Gasteiger partial charge in [0.25, 0.3) is 0 Å². The van der Waals surface area contributed by atoms with E-state index in [1.165, 1.54) is 33.4 Å². The Kier molecular flexibility index (Phi) is 4.16. The first kappa shape index (κ1) is 17.2. The van der Waals surface area contributed by atoms with Gasteiger partial charge in [-0.1, -0.05) is 0 Å². The summed E-state index contributed by atoms with van der Waals surface area (Å²) in [7, 11) is 0. The molecule has 0 fully saturated rings. The summed E-state index contributed by atoms with van der Waals surface area (Å²) in [5, 5.41) is 0. The Labute approximate surface area is 181 Å². The molecule has 2 aromatic carbocycles. The van der Waals surface area contributed by atoms with Crippen LogP contribution in [0.15, 0.2) is 94.2 Å². The molecule has 3 heteroatoms. The Morgan fingerprint density at radius 2 is 1.03 bits per heavy atom. The molecule has 4 aromatic rings. The van der Waals surface area contributed by atoms with Crippen LogP contribution in [0, 0.1) is 0 Å². The molecule has 2 nitrogen and oxygen atoms in total. The van der Waals surface area contributed by atoms with E-state index in [1.807, 2.05) is 12.1 Å². The fourth-order valence-electron chi connectivity index (χ4n) is 4.49. The molecule has 0 spiro atoms. The Morgan fingerprint density at radius 3 is 1.48 bits per heavy atom. The zero-order chi connectivity index (χ0) is 19.2. The van der Waals surface area contributed by atoms with Crippen LogP contribution in [-0.4, -0.2) is 0 Å². The van der Waals surface area contributed by atoms with Gasteiger partial charge in [0.15, 0.2) is 0 Å². The van der Waals surface area contributed by atoms with Gasteiger partial charge in [-0.05, 0) is 0 Å². The predicted octanol–water partition coefficient (Wildman–Crippen LogP) is 6.85. The standard InChI is InChI=1S/2C13H9O.Zr/c2*1-2-5-11-9-12(8-10(11)4-1)13-6-3-7-14-13;/h2*1-9H;. The molecule has 2 aromatic heterocycles. The third-order valence-corrected chi connectivity index (χ3v) is 10.5. The number of rotatable bonds is 4. The first-order valence-electron chi connectivity index (χ1n) is 9.83. The van der Waals surface area contributed by atoms with Gasteiger partial charge in [0.1, 0.15) is 0 Å². The van der Waals surface area contributed by atoms with Gasteiger partial charge in [-0.3, -0.25) is 0 Å². The van der Waals surface area contributed by atoms with E-state index in [0.29, 0.717) is 7.25 Å². The molecule has 29 heavy (non-hydrogen) atoms. The zero-order valence-corrected chi connectivity index (χ0v) is 18.2. The van der Waals surface area contributed by atoms with Crippen molar-refractivity contribution in [1.82, 2.24) is 0 Å². The van der Waals surface area contributed by atoms with E-state index in [-0.39, 0.29) is 0 Å². The Balaban J connectivity index is 1.45. The van der Waals surface area contributed by atoms with Gasteiger partial charge >= 0.3 is 182 Å². The summed E-state index contributed by atoms with van der Waals surface area (Å²) in [6, 6.07) is 25.8. The van der Waals surface area contributed by atoms with Crippen LogP contribution in [0.1, 0.15) is 41.0 Å². The molecule has 0 bridgehead atoms. The van der Waals surface area contributed by atoms with Crippen LogP contribution < -0.4 is 0 Å². The van der Waals surface area contributed by atoms with E-state index in [2.05, 4.69) is 72.8 Å². The van der Waals surface area contributed by atoms with Gasteiger partial charge in [0.2, 0.25) is 0 Å². The van der Waals surface area contributed by atoms with Crippen LogP contribution >= 0.6 is 0 Å². The van der Waals surface area contributed by atoms with Crippen molar-refractivity contribution < 1.29 is 32.1 Å². The molecule has 2 aliphatic rings. The topological polar surface area (TPSA) is 26.3 Å². The second-order valence-electron chi connectivity index (χ2n) is 7.44. The van der Waals surface area contributed by atoms with Crippen LogP contribution in [-0.2, 0) is 23.2 Å². The maximum absolute atomic E-state index is 5.84. The number of hydrogen-bond donors (Lipinski definition) is 0. The molecule has 2 aliphatic carbocycles. The third kappa shape index (κ3) is 2.88. The second-order valence-corrected chi connectivity index (χ2v) is 11.1. The molecule has 2 heterocycles. The summed E-state index contributed by atoms with van der Waals surface area (Å²) in [4.78, 5) is 0. The molecule has 0 N–H and O–H groups in total. The van der Waals surface area contributed by atoms with Crippen molar-refractivity contribution >= 4 is 23.3 Å². The SMILES string of the molecule is C1=C(c2ccco2)[CH]([Zr][CH]2C(c3ccco3)=Cc3ccccc32)c2ccccc21.